The Bertz CT molecular complexity index is 655. The SMILES string of the molecule is CNCCc1ccc(S(=O)(=O)NCc2ccccn2)cc1. The zero-order valence-electron chi connectivity index (χ0n) is 11.9. The lowest BCUT2D eigenvalue weighted by atomic mass is 10.1. The van der Waals surface area contributed by atoms with Crippen molar-refractivity contribution in [2.75, 3.05) is 13.6 Å². The zero-order valence-corrected chi connectivity index (χ0v) is 12.7. The van der Waals surface area contributed by atoms with Gasteiger partial charge in [0, 0.05) is 6.20 Å². The first-order chi connectivity index (χ1) is 10.1. The van der Waals surface area contributed by atoms with Gasteiger partial charge < -0.3 is 5.32 Å². The molecule has 2 aromatic rings. The number of likely N-dealkylation sites (N-methyl/N-ethyl adjacent to an activating group) is 1. The van der Waals surface area contributed by atoms with Crippen LogP contribution in [0, 0.1) is 0 Å². The number of hydrogen-bond donors (Lipinski definition) is 2. The van der Waals surface area contributed by atoms with Gasteiger partial charge in [0.1, 0.15) is 0 Å². The second-order valence-electron chi connectivity index (χ2n) is 4.64. The smallest absolute Gasteiger partial charge is 0.240 e. The van der Waals surface area contributed by atoms with Gasteiger partial charge in [0.05, 0.1) is 17.1 Å². The van der Waals surface area contributed by atoms with Gasteiger partial charge in [0.25, 0.3) is 0 Å². The van der Waals surface area contributed by atoms with Crippen LogP contribution < -0.4 is 10.0 Å². The van der Waals surface area contributed by atoms with E-state index in [-0.39, 0.29) is 11.4 Å². The normalized spacial score (nSPS) is 11.5. The van der Waals surface area contributed by atoms with Crippen LogP contribution in [0.1, 0.15) is 11.3 Å². The van der Waals surface area contributed by atoms with E-state index >= 15 is 0 Å². The first-order valence-corrected chi connectivity index (χ1v) is 8.23. The monoisotopic (exact) mass is 305 g/mol. The molecule has 0 aliphatic rings. The van der Waals surface area contributed by atoms with Crippen LogP contribution in [-0.4, -0.2) is 27.0 Å². The summed E-state index contributed by atoms with van der Waals surface area (Å²) >= 11 is 0. The second kappa shape index (κ2) is 7.31. The van der Waals surface area contributed by atoms with Crippen molar-refractivity contribution < 1.29 is 8.42 Å². The standard InChI is InChI=1S/C15H19N3O2S/c1-16-11-9-13-5-7-15(8-6-13)21(19,20)18-12-14-4-2-3-10-17-14/h2-8,10,16,18H,9,11-12H2,1H3. The molecule has 0 saturated carbocycles. The Kier molecular flexibility index (Phi) is 5.44. The van der Waals surface area contributed by atoms with Crippen molar-refractivity contribution in [3.8, 4) is 0 Å². The highest BCUT2D eigenvalue weighted by molar-refractivity contribution is 7.89. The molecule has 0 unspecified atom stereocenters. The molecule has 0 aliphatic carbocycles. The number of rotatable bonds is 7. The van der Waals surface area contributed by atoms with Gasteiger partial charge in [-0.3, -0.25) is 4.98 Å². The summed E-state index contributed by atoms with van der Waals surface area (Å²) < 4.78 is 26.9. The summed E-state index contributed by atoms with van der Waals surface area (Å²) in [5.74, 6) is 0. The lowest BCUT2D eigenvalue weighted by Gasteiger charge is -2.07. The summed E-state index contributed by atoms with van der Waals surface area (Å²) in [5, 5.41) is 3.06. The van der Waals surface area contributed by atoms with Gasteiger partial charge in [-0.2, -0.15) is 0 Å². The molecule has 0 amide bonds. The molecular formula is C15H19N3O2S. The molecule has 2 rings (SSSR count). The van der Waals surface area contributed by atoms with E-state index < -0.39 is 10.0 Å². The average molecular weight is 305 g/mol. The maximum absolute atomic E-state index is 12.2. The quantitative estimate of drug-likeness (QED) is 0.809. The summed E-state index contributed by atoms with van der Waals surface area (Å²) in [7, 11) is -1.61. The van der Waals surface area contributed by atoms with Crippen molar-refractivity contribution in [3.05, 3.63) is 59.9 Å². The van der Waals surface area contributed by atoms with Crippen LogP contribution >= 0.6 is 0 Å². The number of nitrogens with one attached hydrogen (secondary N) is 2. The van der Waals surface area contributed by atoms with Gasteiger partial charge in [-0.15, -0.1) is 0 Å². The summed E-state index contributed by atoms with van der Waals surface area (Å²) in [6.07, 6.45) is 2.51. The summed E-state index contributed by atoms with van der Waals surface area (Å²) in [6.45, 7) is 1.05. The van der Waals surface area contributed by atoms with Crippen molar-refractivity contribution in [1.29, 1.82) is 0 Å². The number of sulfonamides is 1. The molecule has 0 saturated heterocycles. The van der Waals surface area contributed by atoms with Gasteiger partial charge in [-0.1, -0.05) is 18.2 Å². The number of pyridine rings is 1. The van der Waals surface area contributed by atoms with E-state index in [1.165, 1.54) is 0 Å². The topological polar surface area (TPSA) is 71.1 Å². The van der Waals surface area contributed by atoms with Crippen LogP contribution in [0.15, 0.2) is 53.6 Å². The van der Waals surface area contributed by atoms with Crippen molar-refractivity contribution in [2.45, 2.75) is 17.9 Å². The van der Waals surface area contributed by atoms with Gasteiger partial charge >= 0.3 is 0 Å². The van der Waals surface area contributed by atoms with E-state index in [0.717, 1.165) is 18.5 Å². The molecule has 0 atom stereocenters. The third-order valence-corrected chi connectivity index (χ3v) is 4.48. The van der Waals surface area contributed by atoms with Gasteiger partial charge in [0.15, 0.2) is 0 Å². The van der Waals surface area contributed by atoms with Gasteiger partial charge in [0.2, 0.25) is 10.0 Å². The van der Waals surface area contributed by atoms with Crippen molar-refractivity contribution in [2.24, 2.45) is 0 Å². The lowest BCUT2D eigenvalue weighted by molar-refractivity contribution is 0.580. The molecule has 2 N–H and O–H groups in total. The molecule has 5 nitrogen and oxygen atoms in total. The van der Waals surface area contributed by atoms with Gasteiger partial charge in [-0.05, 0) is 49.8 Å². The van der Waals surface area contributed by atoms with Crippen LogP contribution in [0.5, 0.6) is 0 Å². The zero-order chi connectivity index (χ0) is 15.1. The van der Waals surface area contributed by atoms with E-state index in [0.29, 0.717) is 5.69 Å². The van der Waals surface area contributed by atoms with E-state index in [4.69, 9.17) is 0 Å². The predicted octanol–water partition coefficient (Wildman–Crippen LogP) is 1.32. The molecule has 21 heavy (non-hydrogen) atoms. The highest BCUT2D eigenvalue weighted by Gasteiger charge is 2.13. The maximum atomic E-state index is 12.2. The minimum Gasteiger partial charge on any atom is -0.319 e. The Hall–Kier alpha value is -1.76. The Morgan fingerprint density at radius 3 is 2.48 bits per heavy atom. The third-order valence-electron chi connectivity index (χ3n) is 3.07. The van der Waals surface area contributed by atoms with Gasteiger partial charge in [-0.25, -0.2) is 13.1 Å². The average Bonchev–Trinajstić information content (AvgIpc) is 2.52. The van der Waals surface area contributed by atoms with E-state index in [1.54, 1.807) is 30.5 Å². The fraction of sp³-hybridized carbons (Fsp3) is 0.267. The minimum atomic E-state index is -3.50. The largest absolute Gasteiger partial charge is 0.319 e. The molecule has 0 fully saturated rings. The molecule has 0 spiro atoms. The van der Waals surface area contributed by atoms with Crippen molar-refractivity contribution in [1.82, 2.24) is 15.0 Å². The molecule has 1 aromatic carbocycles. The number of hydrogen-bond acceptors (Lipinski definition) is 4. The molecule has 0 radical (unpaired) electrons. The van der Waals surface area contributed by atoms with Crippen LogP contribution in [0.2, 0.25) is 0 Å². The summed E-state index contributed by atoms with van der Waals surface area (Å²) in [6, 6.07) is 12.3. The van der Waals surface area contributed by atoms with Crippen molar-refractivity contribution in [3.63, 3.8) is 0 Å². The maximum Gasteiger partial charge on any atom is 0.240 e. The van der Waals surface area contributed by atoms with E-state index in [9.17, 15) is 8.42 Å². The fourth-order valence-electron chi connectivity index (χ4n) is 1.86. The minimum absolute atomic E-state index is 0.185. The first-order valence-electron chi connectivity index (χ1n) is 6.75. The van der Waals surface area contributed by atoms with E-state index in [1.807, 2.05) is 25.2 Å². The Labute approximate surface area is 125 Å². The van der Waals surface area contributed by atoms with Crippen LogP contribution in [-0.2, 0) is 23.0 Å². The molecule has 0 bridgehead atoms. The first kappa shape index (κ1) is 15.6. The van der Waals surface area contributed by atoms with Crippen LogP contribution in [0.3, 0.4) is 0 Å². The molecule has 0 aliphatic heterocycles. The third kappa shape index (κ3) is 4.63. The molecule has 6 heteroatoms. The predicted molar refractivity (Wildman–Crippen MR) is 82.3 cm³/mol. The molecule has 112 valence electrons. The Morgan fingerprint density at radius 1 is 1.10 bits per heavy atom. The van der Waals surface area contributed by atoms with Crippen LogP contribution in [0.25, 0.3) is 0 Å². The highest BCUT2D eigenvalue weighted by Crippen LogP contribution is 2.11. The summed E-state index contributed by atoms with van der Waals surface area (Å²) in [4.78, 5) is 4.36. The molecule has 1 aromatic heterocycles. The second-order valence-corrected chi connectivity index (χ2v) is 6.41. The Balaban J connectivity index is 2.02. The molecular weight excluding hydrogens is 286 g/mol. The number of nitrogens with zero attached hydrogens (tertiary/aromatic N) is 1. The molecule has 1 heterocycles. The summed E-state index contributed by atoms with van der Waals surface area (Å²) in [5.41, 5.74) is 1.79. The fourth-order valence-corrected chi connectivity index (χ4v) is 2.86. The number of aromatic nitrogens is 1. The number of benzene rings is 1. The lowest BCUT2D eigenvalue weighted by Crippen LogP contribution is -2.23. The van der Waals surface area contributed by atoms with Crippen molar-refractivity contribution >= 4 is 10.0 Å². The Morgan fingerprint density at radius 2 is 1.86 bits per heavy atom. The van der Waals surface area contributed by atoms with Crippen LogP contribution in [0.4, 0.5) is 0 Å². The van der Waals surface area contributed by atoms with E-state index in [2.05, 4.69) is 15.0 Å². The highest BCUT2D eigenvalue weighted by atomic mass is 32.2.